The van der Waals surface area contributed by atoms with Crippen LogP contribution in [-0.4, -0.2) is 28.0 Å². The van der Waals surface area contributed by atoms with Crippen LogP contribution in [0.15, 0.2) is 53.4 Å². The standard InChI is InChI=1S/C21H26N2O4S/c1-27-19-12-10-18(11-13-19)23-28(25,26)20-9-5-8-17(14-20)21(24)22-15-16-6-3-2-4-7-16/h5,8-14,16,23H,2-4,6-7,15H2,1H3,(H,22,24). The van der Waals surface area contributed by atoms with Crippen LogP contribution in [-0.2, 0) is 10.0 Å². The van der Waals surface area contributed by atoms with Gasteiger partial charge in [0.05, 0.1) is 12.0 Å². The second-order valence-corrected chi connectivity index (χ2v) is 8.76. The predicted molar refractivity (Wildman–Crippen MR) is 109 cm³/mol. The molecule has 150 valence electrons. The molecule has 0 aromatic heterocycles. The van der Waals surface area contributed by atoms with Crippen LogP contribution in [0.25, 0.3) is 0 Å². The molecule has 0 bridgehead atoms. The lowest BCUT2D eigenvalue weighted by molar-refractivity contribution is 0.0943. The Labute approximate surface area is 166 Å². The molecule has 1 aliphatic rings. The summed E-state index contributed by atoms with van der Waals surface area (Å²) in [4.78, 5) is 12.5. The first-order valence-corrected chi connectivity index (χ1v) is 11.0. The Kier molecular flexibility index (Phi) is 6.57. The van der Waals surface area contributed by atoms with E-state index in [0.717, 1.165) is 12.8 Å². The average Bonchev–Trinajstić information content (AvgIpc) is 2.73. The molecule has 6 nitrogen and oxygen atoms in total. The van der Waals surface area contributed by atoms with Gasteiger partial charge in [-0.15, -0.1) is 0 Å². The molecule has 0 radical (unpaired) electrons. The molecule has 1 amide bonds. The maximum Gasteiger partial charge on any atom is 0.261 e. The van der Waals surface area contributed by atoms with Crippen molar-refractivity contribution in [2.75, 3.05) is 18.4 Å². The smallest absolute Gasteiger partial charge is 0.261 e. The number of anilines is 1. The van der Waals surface area contributed by atoms with Crippen LogP contribution in [0.5, 0.6) is 5.75 Å². The molecule has 0 saturated heterocycles. The highest BCUT2D eigenvalue weighted by molar-refractivity contribution is 7.92. The highest BCUT2D eigenvalue weighted by atomic mass is 32.2. The third kappa shape index (κ3) is 5.25. The van der Waals surface area contributed by atoms with Crippen molar-refractivity contribution in [2.24, 2.45) is 5.92 Å². The first kappa shape index (κ1) is 20.2. The van der Waals surface area contributed by atoms with Crippen molar-refractivity contribution in [3.05, 3.63) is 54.1 Å². The Balaban J connectivity index is 1.67. The molecule has 0 aliphatic heterocycles. The Hall–Kier alpha value is -2.54. The number of ether oxygens (including phenoxy) is 1. The van der Waals surface area contributed by atoms with Gasteiger partial charge in [0.1, 0.15) is 5.75 Å². The maximum atomic E-state index is 12.7. The summed E-state index contributed by atoms with van der Waals surface area (Å²) < 4.78 is 32.9. The summed E-state index contributed by atoms with van der Waals surface area (Å²) in [7, 11) is -2.25. The highest BCUT2D eigenvalue weighted by Crippen LogP contribution is 2.23. The molecule has 0 spiro atoms. The predicted octanol–water partition coefficient (Wildman–Crippen LogP) is 3.81. The van der Waals surface area contributed by atoms with E-state index < -0.39 is 10.0 Å². The van der Waals surface area contributed by atoms with E-state index >= 15 is 0 Å². The molecular formula is C21H26N2O4S. The summed E-state index contributed by atoms with van der Waals surface area (Å²) in [6.45, 7) is 0.639. The van der Waals surface area contributed by atoms with Crippen LogP contribution < -0.4 is 14.8 Å². The summed E-state index contributed by atoms with van der Waals surface area (Å²) >= 11 is 0. The molecule has 7 heteroatoms. The summed E-state index contributed by atoms with van der Waals surface area (Å²) in [5.74, 6) is 0.910. The fourth-order valence-electron chi connectivity index (χ4n) is 3.41. The van der Waals surface area contributed by atoms with Gasteiger partial charge < -0.3 is 10.1 Å². The zero-order chi connectivity index (χ0) is 20.0. The van der Waals surface area contributed by atoms with E-state index in [-0.39, 0.29) is 10.8 Å². The minimum Gasteiger partial charge on any atom is -0.497 e. The van der Waals surface area contributed by atoms with Crippen molar-refractivity contribution >= 4 is 21.6 Å². The van der Waals surface area contributed by atoms with Crippen molar-refractivity contribution in [3.8, 4) is 5.75 Å². The molecule has 28 heavy (non-hydrogen) atoms. The van der Waals surface area contributed by atoms with Crippen molar-refractivity contribution in [1.29, 1.82) is 0 Å². The van der Waals surface area contributed by atoms with Crippen LogP contribution in [0, 0.1) is 5.92 Å². The molecule has 0 unspecified atom stereocenters. The lowest BCUT2D eigenvalue weighted by Gasteiger charge is -2.21. The van der Waals surface area contributed by atoms with Gasteiger partial charge in [-0.3, -0.25) is 9.52 Å². The Bertz CT molecular complexity index is 904. The molecule has 2 N–H and O–H groups in total. The number of benzene rings is 2. The maximum absolute atomic E-state index is 12.7. The Morgan fingerprint density at radius 2 is 1.79 bits per heavy atom. The first-order valence-electron chi connectivity index (χ1n) is 9.53. The number of nitrogens with one attached hydrogen (secondary N) is 2. The lowest BCUT2D eigenvalue weighted by atomic mass is 9.89. The first-order chi connectivity index (χ1) is 13.5. The largest absolute Gasteiger partial charge is 0.497 e. The molecular weight excluding hydrogens is 376 g/mol. The van der Waals surface area contributed by atoms with E-state index in [1.165, 1.54) is 31.4 Å². The van der Waals surface area contributed by atoms with Crippen molar-refractivity contribution in [3.63, 3.8) is 0 Å². The fourth-order valence-corrected chi connectivity index (χ4v) is 4.51. The van der Waals surface area contributed by atoms with Crippen LogP contribution in [0.2, 0.25) is 0 Å². The second-order valence-electron chi connectivity index (χ2n) is 7.08. The van der Waals surface area contributed by atoms with E-state index in [4.69, 9.17) is 4.74 Å². The minimum atomic E-state index is -3.80. The van der Waals surface area contributed by atoms with Gasteiger partial charge in [-0.2, -0.15) is 0 Å². The number of hydrogen-bond acceptors (Lipinski definition) is 4. The fraction of sp³-hybridized carbons (Fsp3) is 0.381. The van der Waals surface area contributed by atoms with E-state index in [2.05, 4.69) is 10.0 Å². The SMILES string of the molecule is COc1ccc(NS(=O)(=O)c2cccc(C(=O)NCC3CCCCC3)c2)cc1. The Morgan fingerprint density at radius 3 is 2.46 bits per heavy atom. The summed E-state index contributed by atoms with van der Waals surface area (Å²) in [5.41, 5.74) is 0.765. The molecule has 1 saturated carbocycles. The second kappa shape index (κ2) is 9.10. The molecule has 1 fully saturated rings. The van der Waals surface area contributed by atoms with Crippen LogP contribution in [0.3, 0.4) is 0 Å². The van der Waals surface area contributed by atoms with Crippen molar-refractivity contribution in [2.45, 2.75) is 37.0 Å². The Morgan fingerprint density at radius 1 is 1.07 bits per heavy atom. The number of hydrogen-bond donors (Lipinski definition) is 2. The molecule has 0 heterocycles. The molecule has 2 aromatic carbocycles. The number of carbonyl (C=O) groups is 1. The van der Waals surface area contributed by atoms with Gasteiger partial charge in [0.15, 0.2) is 0 Å². The van der Waals surface area contributed by atoms with Crippen LogP contribution in [0.1, 0.15) is 42.5 Å². The number of amides is 1. The van der Waals surface area contributed by atoms with Gasteiger partial charge in [0, 0.05) is 17.8 Å². The van der Waals surface area contributed by atoms with Gasteiger partial charge in [0.25, 0.3) is 15.9 Å². The summed E-state index contributed by atoms with van der Waals surface area (Å²) in [6, 6.07) is 12.7. The topological polar surface area (TPSA) is 84.5 Å². The van der Waals surface area contributed by atoms with E-state index in [0.29, 0.717) is 29.5 Å². The molecule has 1 aliphatic carbocycles. The van der Waals surface area contributed by atoms with Gasteiger partial charge in [0.2, 0.25) is 0 Å². The molecule has 0 atom stereocenters. The quantitative estimate of drug-likeness (QED) is 0.738. The average molecular weight is 403 g/mol. The normalized spacial score (nSPS) is 15.0. The number of methoxy groups -OCH3 is 1. The zero-order valence-corrected chi connectivity index (χ0v) is 16.8. The lowest BCUT2D eigenvalue weighted by Crippen LogP contribution is -2.30. The van der Waals surface area contributed by atoms with Crippen molar-refractivity contribution < 1.29 is 17.9 Å². The zero-order valence-electron chi connectivity index (χ0n) is 16.0. The molecule has 2 aromatic rings. The van der Waals surface area contributed by atoms with E-state index in [9.17, 15) is 13.2 Å². The van der Waals surface area contributed by atoms with Gasteiger partial charge >= 0.3 is 0 Å². The highest BCUT2D eigenvalue weighted by Gasteiger charge is 2.18. The number of carbonyl (C=O) groups excluding carboxylic acids is 1. The van der Waals surface area contributed by atoms with E-state index in [1.54, 1.807) is 43.5 Å². The van der Waals surface area contributed by atoms with E-state index in [1.807, 2.05) is 0 Å². The minimum absolute atomic E-state index is 0.0497. The summed E-state index contributed by atoms with van der Waals surface area (Å²) in [5, 5.41) is 2.94. The summed E-state index contributed by atoms with van der Waals surface area (Å²) in [6.07, 6.45) is 5.98. The van der Waals surface area contributed by atoms with Gasteiger partial charge in [-0.1, -0.05) is 25.3 Å². The van der Waals surface area contributed by atoms with Crippen molar-refractivity contribution in [1.82, 2.24) is 5.32 Å². The third-order valence-corrected chi connectivity index (χ3v) is 6.40. The monoisotopic (exact) mass is 402 g/mol. The van der Waals surface area contributed by atoms with Gasteiger partial charge in [-0.05, 0) is 61.2 Å². The number of sulfonamides is 1. The number of rotatable bonds is 7. The van der Waals surface area contributed by atoms with Crippen LogP contribution >= 0.6 is 0 Å². The van der Waals surface area contributed by atoms with Gasteiger partial charge in [-0.25, -0.2) is 8.42 Å². The van der Waals surface area contributed by atoms with Crippen LogP contribution in [0.4, 0.5) is 5.69 Å². The third-order valence-electron chi connectivity index (χ3n) is 5.02. The molecule has 3 rings (SSSR count).